The molecule has 0 spiro atoms. The Morgan fingerprint density at radius 3 is 2.70 bits per heavy atom. The number of nitrogens with zero attached hydrogens (tertiary/aromatic N) is 1. The van der Waals surface area contributed by atoms with Crippen LogP contribution in [0.15, 0.2) is 18.2 Å². The average Bonchev–Trinajstić information content (AvgIpc) is 2.36. The third kappa shape index (κ3) is 3.61. The van der Waals surface area contributed by atoms with Gasteiger partial charge in [0.25, 0.3) is 0 Å². The van der Waals surface area contributed by atoms with Gasteiger partial charge in [-0.15, -0.1) is 0 Å². The molecule has 0 atom stereocenters. The molecule has 0 radical (unpaired) electrons. The van der Waals surface area contributed by atoms with Gasteiger partial charge in [-0.2, -0.15) is 0 Å². The second kappa shape index (κ2) is 6.90. The summed E-state index contributed by atoms with van der Waals surface area (Å²) in [7, 11) is 0. The normalized spacial score (nSPS) is 15.4. The van der Waals surface area contributed by atoms with Gasteiger partial charge in [0.05, 0.1) is 12.1 Å². The van der Waals surface area contributed by atoms with Crippen molar-refractivity contribution in [1.82, 2.24) is 4.90 Å². The highest BCUT2D eigenvalue weighted by Crippen LogP contribution is 2.25. The van der Waals surface area contributed by atoms with Crippen molar-refractivity contribution in [3.8, 4) is 0 Å². The molecule has 0 heterocycles. The topological polar surface area (TPSA) is 40.5 Å². The van der Waals surface area contributed by atoms with Crippen molar-refractivity contribution in [2.75, 3.05) is 19.7 Å². The number of hydrogen-bond acceptors (Lipinski definition) is 3. The monoisotopic (exact) mass is 283 g/mol. The minimum Gasteiger partial charge on any atom is -0.396 e. The lowest BCUT2D eigenvalue weighted by molar-refractivity contribution is 0.0784. The van der Waals surface area contributed by atoms with E-state index >= 15 is 0 Å². The summed E-state index contributed by atoms with van der Waals surface area (Å²) in [5, 5.41) is 8.90. The number of rotatable bonds is 7. The van der Waals surface area contributed by atoms with Crippen LogP contribution in [-0.2, 0) is 0 Å². The van der Waals surface area contributed by atoms with Crippen LogP contribution in [0.3, 0.4) is 0 Å². The molecule has 110 valence electrons. The van der Waals surface area contributed by atoms with E-state index in [2.05, 4.69) is 0 Å². The van der Waals surface area contributed by atoms with Crippen LogP contribution < -0.4 is 0 Å². The lowest BCUT2D eigenvalue weighted by atomic mass is 9.91. The molecule has 2 rings (SSSR count). The summed E-state index contributed by atoms with van der Waals surface area (Å²) in [5.41, 5.74) is -0.196. The minimum atomic E-state index is -0.688. The van der Waals surface area contributed by atoms with E-state index in [0.29, 0.717) is 19.0 Å². The van der Waals surface area contributed by atoms with Crippen LogP contribution in [0.1, 0.15) is 36.0 Å². The summed E-state index contributed by atoms with van der Waals surface area (Å²) in [6, 6.07) is 3.25. The Morgan fingerprint density at radius 2 is 2.10 bits per heavy atom. The van der Waals surface area contributed by atoms with Crippen molar-refractivity contribution < 1.29 is 18.7 Å². The van der Waals surface area contributed by atoms with Crippen molar-refractivity contribution in [1.29, 1.82) is 0 Å². The van der Waals surface area contributed by atoms with Crippen molar-refractivity contribution in [2.45, 2.75) is 31.7 Å². The number of hydrogen-bond donors (Lipinski definition) is 1. The Balaban J connectivity index is 2.04. The van der Waals surface area contributed by atoms with Gasteiger partial charge in [0.1, 0.15) is 11.6 Å². The summed E-state index contributed by atoms with van der Waals surface area (Å²) in [6.07, 6.45) is 3.74. The predicted molar refractivity (Wildman–Crippen MR) is 71.6 cm³/mol. The first-order valence-corrected chi connectivity index (χ1v) is 6.95. The fourth-order valence-corrected chi connectivity index (χ4v) is 2.40. The molecule has 0 saturated heterocycles. The predicted octanol–water partition coefficient (Wildman–Crippen LogP) is 2.38. The standard InChI is InChI=1S/C15H19F2NO2/c16-11-5-6-14(17)13(9-11)15(20)10-18(7-2-8-19)12-3-1-4-12/h5-6,9,12,19H,1-4,7-8,10H2. The van der Waals surface area contributed by atoms with Crippen LogP contribution in [0.5, 0.6) is 0 Å². The number of benzene rings is 1. The number of Topliss-reactive ketones (excluding diaryl/α,β-unsaturated/α-hetero) is 1. The average molecular weight is 283 g/mol. The molecule has 1 saturated carbocycles. The first-order valence-electron chi connectivity index (χ1n) is 6.95. The van der Waals surface area contributed by atoms with E-state index in [9.17, 15) is 13.6 Å². The number of carbonyl (C=O) groups is 1. The molecule has 5 heteroatoms. The largest absolute Gasteiger partial charge is 0.396 e. The minimum absolute atomic E-state index is 0.0612. The zero-order valence-corrected chi connectivity index (χ0v) is 11.3. The number of aliphatic hydroxyl groups is 1. The van der Waals surface area contributed by atoms with Gasteiger partial charge in [-0.3, -0.25) is 9.69 Å². The second-order valence-corrected chi connectivity index (χ2v) is 5.18. The fourth-order valence-electron chi connectivity index (χ4n) is 2.40. The Morgan fingerprint density at radius 1 is 1.35 bits per heavy atom. The molecule has 20 heavy (non-hydrogen) atoms. The SMILES string of the molecule is O=C(CN(CCCO)C1CCC1)c1cc(F)ccc1F. The van der Waals surface area contributed by atoms with Gasteiger partial charge >= 0.3 is 0 Å². The van der Waals surface area contributed by atoms with Crippen molar-refractivity contribution >= 4 is 5.78 Å². The van der Waals surface area contributed by atoms with Crippen LogP contribution >= 0.6 is 0 Å². The number of aliphatic hydroxyl groups excluding tert-OH is 1. The fraction of sp³-hybridized carbons (Fsp3) is 0.533. The Hall–Kier alpha value is -1.33. The van der Waals surface area contributed by atoms with Crippen LogP contribution in [0, 0.1) is 11.6 Å². The molecule has 1 fully saturated rings. The second-order valence-electron chi connectivity index (χ2n) is 5.18. The highest BCUT2D eigenvalue weighted by molar-refractivity contribution is 5.97. The molecule has 0 bridgehead atoms. The van der Waals surface area contributed by atoms with Gasteiger partial charge in [-0.1, -0.05) is 6.42 Å². The molecule has 1 aromatic carbocycles. The lowest BCUT2D eigenvalue weighted by Crippen LogP contribution is -2.44. The van der Waals surface area contributed by atoms with Crippen molar-refractivity contribution in [2.24, 2.45) is 0 Å². The van der Waals surface area contributed by atoms with Gasteiger partial charge in [0.15, 0.2) is 5.78 Å². The summed E-state index contributed by atoms with van der Waals surface area (Å²) >= 11 is 0. The third-order valence-electron chi connectivity index (χ3n) is 3.77. The van der Waals surface area contributed by atoms with Crippen molar-refractivity contribution in [3.63, 3.8) is 0 Å². The zero-order chi connectivity index (χ0) is 14.5. The summed E-state index contributed by atoms with van der Waals surface area (Å²) < 4.78 is 26.7. The molecule has 1 aliphatic rings. The first-order chi connectivity index (χ1) is 9.61. The highest BCUT2D eigenvalue weighted by Gasteiger charge is 2.27. The molecular formula is C15H19F2NO2. The first kappa shape index (κ1) is 15.1. The molecule has 0 unspecified atom stereocenters. The van der Waals surface area contributed by atoms with Crippen LogP contribution in [0.2, 0.25) is 0 Å². The van der Waals surface area contributed by atoms with Crippen LogP contribution in [-0.4, -0.2) is 41.5 Å². The third-order valence-corrected chi connectivity index (χ3v) is 3.77. The van der Waals surface area contributed by atoms with E-state index in [1.165, 1.54) is 0 Å². The van der Waals surface area contributed by atoms with Gasteiger partial charge in [-0.25, -0.2) is 8.78 Å². The molecule has 1 N–H and O–H groups in total. The molecule has 1 aliphatic carbocycles. The van der Waals surface area contributed by atoms with Crippen LogP contribution in [0.4, 0.5) is 8.78 Å². The molecule has 0 aromatic heterocycles. The van der Waals surface area contributed by atoms with E-state index in [1.54, 1.807) is 0 Å². The molecule has 0 aliphatic heterocycles. The summed E-state index contributed by atoms with van der Waals surface area (Å²) in [4.78, 5) is 14.1. The van der Waals surface area contributed by atoms with Gasteiger partial charge < -0.3 is 5.11 Å². The van der Waals surface area contributed by atoms with Gasteiger partial charge in [0.2, 0.25) is 0 Å². The lowest BCUT2D eigenvalue weighted by Gasteiger charge is -2.37. The molecule has 0 amide bonds. The van der Waals surface area contributed by atoms with Gasteiger partial charge in [-0.05, 0) is 37.5 Å². The number of halogens is 2. The van der Waals surface area contributed by atoms with E-state index < -0.39 is 17.4 Å². The maximum absolute atomic E-state index is 13.6. The Kier molecular flexibility index (Phi) is 5.20. The van der Waals surface area contributed by atoms with E-state index in [4.69, 9.17) is 5.11 Å². The highest BCUT2D eigenvalue weighted by atomic mass is 19.1. The summed E-state index contributed by atoms with van der Waals surface area (Å²) in [6.45, 7) is 0.737. The maximum Gasteiger partial charge on any atom is 0.179 e. The molecule has 1 aromatic rings. The van der Waals surface area contributed by atoms with E-state index in [0.717, 1.165) is 37.5 Å². The smallest absolute Gasteiger partial charge is 0.179 e. The Bertz CT molecular complexity index is 475. The molecule has 3 nitrogen and oxygen atoms in total. The zero-order valence-electron chi connectivity index (χ0n) is 11.3. The molecular weight excluding hydrogens is 264 g/mol. The van der Waals surface area contributed by atoms with Crippen LogP contribution in [0.25, 0.3) is 0 Å². The summed E-state index contributed by atoms with van der Waals surface area (Å²) in [5.74, 6) is -1.71. The van der Waals surface area contributed by atoms with Crippen molar-refractivity contribution in [3.05, 3.63) is 35.4 Å². The number of ketones is 1. The maximum atomic E-state index is 13.6. The quantitative estimate of drug-likeness (QED) is 0.781. The van der Waals surface area contributed by atoms with Gasteiger partial charge in [0, 0.05) is 19.2 Å². The number of carbonyl (C=O) groups excluding carboxylic acids is 1. The van der Waals surface area contributed by atoms with E-state index in [1.807, 2.05) is 4.90 Å². The van der Waals surface area contributed by atoms with E-state index in [-0.39, 0.29) is 18.7 Å². The Labute approximate surface area is 117 Å².